The maximum atomic E-state index is 12.6. The van der Waals surface area contributed by atoms with Crippen LogP contribution in [0.1, 0.15) is 24.8 Å². The second-order valence-corrected chi connectivity index (χ2v) is 6.31. The molecule has 2 aromatic carbocycles. The van der Waals surface area contributed by atoms with E-state index in [9.17, 15) is 14.7 Å². The van der Waals surface area contributed by atoms with Crippen molar-refractivity contribution in [3.05, 3.63) is 64.1 Å². The number of aliphatic carboxylic acids is 1. The highest BCUT2D eigenvalue weighted by Gasteiger charge is 2.26. The lowest BCUT2D eigenvalue weighted by Gasteiger charge is -2.24. The Bertz CT molecular complexity index is 734. The lowest BCUT2D eigenvalue weighted by Crippen LogP contribution is -2.34. The number of benzene rings is 2. The van der Waals surface area contributed by atoms with Crippen LogP contribution in [0, 0.1) is 5.92 Å². The van der Waals surface area contributed by atoms with Crippen molar-refractivity contribution in [2.24, 2.45) is 5.92 Å². The van der Waals surface area contributed by atoms with Crippen molar-refractivity contribution in [2.75, 3.05) is 5.32 Å². The number of carboxylic acids is 1. The molecule has 0 saturated heterocycles. The van der Waals surface area contributed by atoms with Crippen LogP contribution in [-0.2, 0) is 9.59 Å². The lowest BCUT2D eigenvalue weighted by molar-refractivity contribution is -0.306. The van der Waals surface area contributed by atoms with Crippen LogP contribution in [0.5, 0.6) is 0 Å². The molecule has 0 fully saturated rings. The van der Waals surface area contributed by atoms with Crippen LogP contribution in [-0.4, -0.2) is 11.9 Å². The van der Waals surface area contributed by atoms with Crippen molar-refractivity contribution >= 4 is 40.8 Å². The van der Waals surface area contributed by atoms with E-state index in [0.29, 0.717) is 15.7 Å². The van der Waals surface area contributed by atoms with E-state index >= 15 is 0 Å². The molecule has 4 nitrogen and oxygen atoms in total. The van der Waals surface area contributed by atoms with E-state index in [1.807, 2.05) is 37.3 Å². The van der Waals surface area contributed by atoms with Gasteiger partial charge in [0.05, 0.1) is 16.0 Å². The molecular formula is C18H16Cl2NO3-. The Kier molecular flexibility index (Phi) is 6.23. The van der Waals surface area contributed by atoms with Gasteiger partial charge in [0.15, 0.2) is 0 Å². The van der Waals surface area contributed by atoms with Gasteiger partial charge in [-0.3, -0.25) is 4.79 Å². The van der Waals surface area contributed by atoms with E-state index in [4.69, 9.17) is 23.2 Å². The Morgan fingerprint density at radius 2 is 1.75 bits per heavy atom. The summed E-state index contributed by atoms with van der Waals surface area (Å²) in [6, 6.07) is 14.0. The predicted octanol–water partition coefficient (Wildman–Crippen LogP) is 3.49. The first-order valence-corrected chi connectivity index (χ1v) is 8.14. The molecule has 2 atom stereocenters. The van der Waals surface area contributed by atoms with Crippen LogP contribution in [0.15, 0.2) is 48.5 Å². The molecule has 0 aliphatic heterocycles. The summed E-state index contributed by atoms with van der Waals surface area (Å²) in [4.78, 5) is 23.7. The smallest absolute Gasteiger partial charge is 0.228 e. The summed E-state index contributed by atoms with van der Waals surface area (Å²) in [5.74, 6) is -2.74. The van der Waals surface area contributed by atoms with Gasteiger partial charge >= 0.3 is 0 Å². The number of hydrogen-bond acceptors (Lipinski definition) is 3. The molecule has 0 aromatic heterocycles. The fourth-order valence-electron chi connectivity index (χ4n) is 2.47. The normalized spacial score (nSPS) is 13.1. The molecule has 0 heterocycles. The number of nitrogens with one attached hydrogen (secondary N) is 1. The topological polar surface area (TPSA) is 69.2 Å². The molecule has 24 heavy (non-hydrogen) atoms. The molecule has 0 bridgehead atoms. The van der Waals surface area contributed by atoms with Crippen LogP contribution >= 0.6 is 23.2 Å². The molecule has 0 saturated carbocycles. The summed E-state index contributed by atoms with van der Waals surface area (Å²) < 4.78 is 0. The van der Waals surface area contributed by atoms with Gasteiger partial charge in [-0.1, -0.05) is 60.5 Å². The van der Waals surface area contributed by atoms with Crippen molar-refractivity contribution in [3.8, 4) is 0 Å². The molecule has 6 heteroatoms. The van der Waals surface area contributed by atoms with Gasteiger partial charge in [-0.05, 0) is 36.1 Å². The third kappa shape index (κ3) is 4.73. The van der Waals surface area contributed by atoms with Crippen molar-refractivity contribution in [2.45, 2.75) is 19.3 Å². The summed E-state index contributed by atoms with van der Waals surface area (Å²) in [7, 11) is 0. The average Bonchev–Trinajstić information content (AvgIpc) is 2.56. The zero-order chi connectivity index (χ0) is 17.7. The van der Waals surface area contributed by atoms with Gasteiger partial charge in [0, 0.05) is 11.7 Å². The third-order valence-corrected chi connectivity index (χ3v) is 4.58. The van der Waals surface area contributed by atoms with Gasteiger partial charge in [-0.25, -0.2) is 0 Å². The Labute approximate surface area is 150 Å². The van der Waals surface area contributed by atoms with Crippen LogP contribution in [0.25, 0.3) is 0 Å². The van der Waals surface area contributed by atoms with Crippen LogP contribution in [0.2, 0.25) is 10.0 Å². The maximum absolute atomic E-state index is 12.6. The number of halogens is 2. The second kappa shape index (κ2) is 8.18. The van der Waals surface area contributed by atoms with Gasteiger partial charge in [-0.15, -0.1) is 0 Å². The van der Waals surface area contributed by atoms with Crippen LogP contribution < -0.4 is 10.4 Å². The van der Waals surface area contributed by atoms with Crippen molar-refractivity contribution in [1.29, 1.82) is 0 Å². The summed E-state index contributed by atoms with van der Waals surface area (Å²) >= 11 is 11.8. The summed E-state index contributed by atoms with van der Waals surface area (Å²) in [6.45, 7) is 1.82. The van der Waals surface area contributed by atoms with Gasteiger partial charge < -0.3 is 15.2 Å². The molecule has 0 unspecified atom stereocenters. The molecule has 1 amide bonds. The summed E-state index contributed by atoms with van der Waals surface area (Å²) in [5, 5.41) is 14.4. The van der Waals surface area contributed by atoms with E-state index in [1.54, 1.807) is 12.1 Å². The van der Waals surface area contributed by atoms with Gasteiger partial charge in [0.1, 0.15) is 0 Å². The largest absolute Gasteiger partial charge is 0.550 e. The minimum atomic E-state index is -1.27. The van der Waals surface area contributed by atoms with Crippen molar-refractivity contribution in [3.63, 3.8) is 0 Å². The van der Waals surface area contributed by atoms with Crippen LogP contribution in [0.3, 0.4) is 0 Å². The van der Waals surface area contributed by atoms with Gasteiger partial charge in [-0.2, -0.15) is 0 Å². The van der Waals surface area contributed by atoms with Crippen molar-refractivity contribution in [1.82, 2.24) is 0 Å². The van der Waals surface area contributed by atoms with E-state index in [1.165, 1.54) is 6.07 Å². The number of anilines is 1. The first kappa shape index (κ1) is 18.3. The minimum absolute atomic E-state index is 0.285. The predicted molar refractivity (Wildman–Crippen MR) is 93.1 cm³/mol. The standard InChI is InChI=1S/C18H17Cl2NO3/c1-11(12-5-3-2-4-6-12)14(10-17(22)23)18(24)21-13-7-8-15(19)16(20)9-13/h2-9,11,14H,10H2,1H3,(H,21,24)(H,22,23)/p-1/t11-,14-/m0/s1. The highest BCUT2D eigenvalue weighted by Crippen LogP contribution is 2.29. The molecule has 2 rings (SSSR count). The number of carboxylic acid groups (broad SMARTS) is 1. The number of hydrogen-bond donors (Lipinski definition) is 1. The Morgan fingerprint density at radius 3 is 2.33 bits per heavy atom. The fraction of sp³-hybridized carbons (Fsp3) is 0.222. The highest BCUT2D eigenvalue weighted by atomic mass is 35.5. The molecule has 2 aromatic rings. The Balaban J connectivity index is 2.21. The number of carbonyl (C=O) groups excluding carboxylic acids is 2. The average molecular weight is 365 g/mol. The Hall–Kier alpha value is -2.04. The third-order valence-electron chi connectivity index (χ3n) is 3.84. The monoisotopic (exact) mass is 364 g/mol. The maximum Gasteiger partial charge on any atom is 0.228 e. The lowest BCUT2D eigenvalue weighted by atomic mass is 9.84. The van der Waals surface area contributed by atoms with Gasteiger partial charge in [0.2, 0.25) is 5.91 Å². The summed E-state index contributed by atoms with van der Waals surface area (Å²) in [5.41, 5.74) is 1.34. The number of amides is 1. The minimum Gasteiger partial charge on any atom is -0.550 e. The highest BCUT2D eigenvalue weighted by molar-refractivity contribution is 6.42. The van der Waals surface area contributed by atoms with Gasteiger partial charge in [0.25, 0.3) is 0 Å². The number of rotatable bonds is 6. The van der Waals surface area contributed by atoms with E-state index in [-0.39, 0.29) is 12.3 Å². The quantitative estimate of drug-likeness (QED) is 0.852. The fourth-order valence-corrected chi connectivity index (χ4v) is 2.77. The zero-order valence-corrected chi connectivity index (χ0v) is 14.5. The summed E-state index contributed by atoms with van der Waals surface area (Å²) in [6.07, 6.45) is -0.372. The molecule has 0 aliphatic rings. The van der Waals surface area contributed by atoms with Crippen molar-refractivity contribution < 1.29 is 14.7 Å². The first-order chi connectivity index (χ1) is 11.4. The second-order valence-electron chi connectivity index (χ2n) is 5.50. The van der Waals surface area contributed by atoms with E-state index < -0.39 is 17.8 Å². The molecule has 0 spiro atoms. The molecule has 0 aliphatic carbocycles. The molecule has 1 N–H and O–H groups in total. The SMILES string of the molecule is C[C@@H](c1ccccc1)[C@H](CC(=O)[O-])C(=O)Nc1ccc(Cl)c(Cl)c1. The van der Waals surface area contributed by atoms with E-state index in [2.05, 4.69) is 5.32 Å². The molecule has 0 radical (unpaired) electrons. The van der Waals surface area contributed by atoms with E-state index in [0.717, 1.165) is 5.56 Å². The Morgan fingerprint density at radius 1 is 1.08 bits per heavy atom. The molecule has 126 valence electrons. The zero-order valence-electron chi connectivity index (χ0n) is 13.0. The first-order valence-electron chi connectivity index (χ1n) is 7.39. The molecular weight excluding hydrogens is 349 g/mol. The van der Waals surface area contributed by atoms with Crippen LogP contribution in [0.4, 0.5) is 5.69 Å². The number of carbonyl (C=O) groups is 2.